The standard InChI is InChI=1S/C15H19NOS/c1-10-4-6-13(7-5-10)17-14(12(3)16)15-11(2)8-9-18-15/h4-9,12,14H,16H2,1-3H3. The van der Waals surface area contributed by atoms with Crippen molar-refractivity contribution in [3.63, 3.8) is 0 Å². The van der Waals surface area contributed by atoms with Gasteiger partial charge in [0.2, 0.25) is 0 Å². The molecule has 18 heavy (non-hydrogen) atoms. The summed E-state index contributed by atoms with van der Waals surface area (Å²) in [6, 6.07) is 10.2. The van der Waals surface area contributed by atoms with Crippen LogP contribution in [0.3, 0.4) is 0 Å². The second-order valence-electron chi connectivity index (χ2n) is 4.68. The molecule has 0 amide bonds. The number of thiophene rings is 1. The summed E-state index contributed by atoms with van der Waals surface area (Å²) < 4.78 is 6.04. The van der Waals surface area contributed by atoms with Crippen molar-refractivity contribution in [2.24, 2.45) is 5.73 Å². The van der Waals surface area contributed by atoms with Gasteiger partial charge in [-0.2, -0.15) is 0 Å². The highest BCUT2D eigenvalue weighted by Crippen LogP contribution is 2.30. The van der Waals surface area contributed by atoms with Gasteiger partial charge in [0.1, 0.15) is 11.9 Å². The van der Waals surface area contributed by atoms with E-state index in [1.165, 1.54) is 16.0 Å². The lowest BCUT2D eigenvalue weighted by Gasteiger charge is -2.22. The number of benzene rings is 1. The second-order valence-corrected chi connectivity index (χ2v) is 5.63. The molecule has 0 radical (unpaired) electrons. The molecule has 0 saturated heterocycles. The van der Waals surface area contributed by atoms with Gasteiger partial charge in [0.25, 0.3) is 0 Å². The Morgan fingerprint density at radius 1 is 1.11 bits per heavy atom. The minimum atomic E-state index is -0.0762. The fourth-order valence-corrected chi connectivity index (χ4v) is 2.91. The highest BCUT2D eigenvalue weighted by molar-refractivity contribution is 7.10. The molecule has 1 aromatic carbocycles. The van der Waals surface area contributed by atoms with Crippen LogP contribution in [0, 0.1) is 13.8 Å². The third-order valence-electron chi connectivity index (χ3n) is 2.92. The van der Waals surface area contributed by atoms with E-state index >= 15 is 0 Å². The van der Waals surface area contributed by atoms with Gasteiger partial charge in [-0.3, -0.25) is 0 Å². The summed E-state index contributed by atoms with van der Waals surface area (Å²) in [6.45, 7) is 6.15. The molecule has 2 aromatic rings. The zero-order valence-electron chi connectivity index (χ0n) is 11.0. The summed E-state index contributed by atoms with van der Waals surface area (Å²) in [5.41, 5.74) is 8.53. The van der Waals surface area contributed by atoms with E-state index in [0.29, 0.717) is 0 Å². The summed E-state index contributed by atoms with van der Waals surface area (Å²) >= 11 is 1.70. The zero-order valence-corrected chi connectivity index (χ0v) is 11.8. The Bertz CT molecular complexity index is 501. The van der Waals surface area contributed by atoms with Gasteiger partial charge in [-0.25, -0.2) is 0 Å². The largest absolute Gasteiger partial charge is 0.483 e. The summed E-state index contributed by atoms with van der Waals surface area (Å²) in [6.07, 6.45) is -0.0762. The Labute approximate surface area is 112 Å². The molecule has 2 nitrogen and oxygen atoms in total. The molecule has 0 aliphatic heterocycles. The Balaban J connectivity index is 2.22. The fourth-order valence-electron chi connectivity index (χ4n) is 1.84. The molecule has 3 heteroatoms. The Hall–Kier alpha value is -1.32. The van der Waals surface area contributed by atoms with Crippen molar-refractivity contribution in [3.05, 3.63) is 51.7 Å². The van der Waals surface area contributed by atoms with Crippen LogP contribution in [0.15, 0.2) is 35.7 Å². The number of hydrogen-bond donors (Lipinski definition) is 1. The van der Waals surface area contributed by atoms with Gasteiger partial charge in [-0.05, 0) is 49.9 Å². The predicted octanol–water partition coefficient (Wildman–Crippen LogP) is 3.83. The van der Waals surface area contributed by atoms with Crippen molar-refractivity contribution >= 4 is 11.3 Å². The first-order valence-electron chi connectivity index (χ1n) is 6.11. The lowest BCUT2D eigenvalue weighted by molar-refractivity contribution is 0.183. The van der Waals surface area contributed by atoms with E-state index in [4.69, 9.17) is 10.5 Å². The van der Waals surface area contributed by atoms with Gasteiger partial charge in [-0.1, -0.05) is 17.7 Å². The first kappa shape index (κ1) is 13.1. The third kappa shape index (κ3) is 2.92. The minimum absolute atomic E-state index is 0.0383. The average molecular weight is 261 g/mol. The molecule has 0 fully saturated rings. The number of nitrogens with two attached hydrogens (primary N) is 1. The molecule has 2 atom stereocenters. The van der Waals surface area contributed by atoms with Crippen molar-refractivity contribution in [1.82, 2.24) is 0 Å². The maximum Gasteiger partial charge on any atom is 0.148 e. The minimum Gasteiger partial charge on any atom is -0.483 e. The highest BCUT2D eigenvalue weighted by atomic mass is 32.1. The summed E-state index contributed by atoms with van der Waals surface area (Å²) in [5, 5.41) is 2.08. The van der Waals surface area contributed by atoms with Crippen LogP contribution in [0.5, 0.6) is 5.75 Å². The van der Waals surface area contributed by atoms with Crippen LogP contribution in [-0.2, 0) is 0 Å². The van der Waals surface area contributed by atoms with Gasteiger partial charge in [0, 0.05) is 10.9 Å². The maximum absolute atomic E-state index is 6.06. The van der Waals surface area contributed by atoms with E-state index in [9.17, 15) is 0 Å². The van der Waals surface area contributed by atoms with Crippen LogP contribution in [0.2, 0.25) is 0 Å². The topological polar surface area (TPSA) is 35.2 Å². The second kappa shape index (κ2) is 5.55. The summed E-state index contributed by atoms with van der Waals surface area (Å²) in [5.74, 6) is 0.871. The van der Waals surface area contributed by atoms with Crippen molar-refractivity contribution in [3.8, 4) is 5.75 Å². The van der Waals surface area contributed by atoms with Crippen molar-refractivity contribution in [1.29, 1.82) is 0 Å². The van der Waals surface area contributed by atoms with Gasteiger partial charge in [-0.15, -0.1) is 11.3 Å². The van der Waals surface area contributed by atoms with Gasteiger partial charge in [0.15, 0.2) is 0 Å². The fraction of sp³-hybridized carbons (Fsp3) is 0.333. The lowest BCUT2D eigenvalue weighted by Crippen LogP contribution is -2.28. The van der Waals surface area contributed by atoms with Crippen molar-refractivity contribution in [2.75, 3.05) is 0 Å². The molecule has 0 aliphatic carbocycles. The first-order valence-corrected chi connectivity index (χ1v) is 6.99. The van der Waals surface area contributed by atoms with Crippen LogP contribution < -0.4 is 10.5 Å². The number of hydrogen-bond acceptors (Lipinski definition) is 3. The normalized spacial score (nSPS) is 14.2. The molecular weight excluding hydrogens is 242 g/mol. The molecule has 0 aliphatic rings. The Morgan fingerprint density at radius 3 is 2.28 bits per heavy atom. The lowest BCUT2D eigenvalue weighted by atomic mass is 10.1. The van der Waals surface area contributed by atoms with E-state index in [1.807, 2.05) is 19.1 Å². The van der Waals surface area contributed by atoms with Crippen molar-refractivity contribution < 1.29 is 4.74 Å². The third-order valence-corrected chi connectivity index (χ3v) is 4.00. The van der Waals surface area contributed by atoms with Crippen LogP contribution in [0.1, 0.15) is 29.0 Å². The maximum atomic E-state index is 6.06. The predicted molar refractivity (Wildman–Crippen MR) is 77.3 cm³/mol. The SMILES string of the molecule is Cc1ccc(OC(c2sccc2C)C(C)N)cc1. The Morgan fingerprint density at radius 2 is 1.78 bits per heavy atom. The molecular formula is C15H19NOS. The number of ether oxygens (including phenoxy) is 1. The molecule has 96 valence electrons. The summed E-state index contributed by atoms with van der Waals surface area (Å²) in [7, 11) is 0. The van der Waals surface area contributed by atoms with Crippen LogP contribution in [0.4, 0.5) is 0 Å². The summed E-state index contributed by atoms with van der Waals surface area (Å²) in [4.78, 5) is 1.21. The molecule has 0 saturated carbocycles. The van der Waals surface area contributed by atoms with Gasteiger partial charge >= 0.3 is 0 Å². The number of aryl methyl sites for hydroxylation is 2. The van der Waals surface area contributed by atoms with E-state index < -0.39 is 0 Å². The molecule has 0 bridgehead atoms. The molecule has 2 rings (SSSR count). The molecule has 1 heterocycles. The molecule has 1 aromatic heterocycles. The Kier molecular flexibility index (Phi) is 4.04. The van der Waals surface area contributed by atoms with Crippen LogP contribution >= 0.6 is 11.3 Å². The van der Waals surface area contributed by atoms with Gasteiger partial charge < -0.3 is 10.5 Å². The van der Waals surface area contributed by atoms with E-state index in [1.54, 1.807) is 11.3 Å². The molecule has 0 spiro atoms. The van der Waals surface area contributed by atoms with E-state index in [2.05, 4.69) is 37.4 Å². The number of rotatable bonds is 4. The van der Waals surface area contributed by atoms with E-state index in [-0.39, 0.29) is 12.1 Å². The van der Waals surface area contributed by atoms with Crippen LogP contribution in [0.25, 0.3) is 0 Å². The first-order chi connectivity index (χ1) is 8.58. The van der Waals surface area contributed by atoms with E-state index in [0.717, 1.165) is 5.75 Å². The zero-order chi connectivity index (χ0) is 13.1. The quantitative estimate of drug-likeness (QED) is 0.907. The average Bonchev–Trinajstić information content (AvgIpc) is 2.74. The van der Waals surface area contributed by atoms with Gasteiger partial charge in [0.05, 0.1) is 0 Å². The molecule has 2 N–H and O–H groups in total. The van der Waals surface area contributed by atoms with Crippen LogP contribution in [-0.4, -0.2) is 6.04 Å². The monoisotopic (exact) mass is 261 g/mol. The van der Waals surface area contributed by atoms with Crippen molar-refractivity contribution in [2.45, 2.75) is 32.9 Å². The highest BCUT2D eigenvalue weighted by Gasteiger charge is 2.21. The molecule has 2 unspecified atom stereocenters. The smallest absolute Gasteiger partial charge is 0.148 e.